The normalized spacial score (nSPS) is 11.1. The van der Waals surface area contributed by atoms with E-state index in [1.807, 2.05) is 20.8 Å². The predicted molar refractivity (Wildman–Crippen MR) is 56.4 cm³/mol. The third-order valence-corrected chi connectivity index (χ3v) is 1.60. The number of rotatable bonds is 2. The molecule has 0 fully saturated rings. The largest absolute Gasteiger partial charge is 0.507 e. The molecule has 0 bridgehead atoms. The van der Waals surface area contributed by atoms with E-state index in [0.29, 0.717) is 0 Å². The van der Waals surface area contributed by atoms with E-state index in [4.69, 9.17) is 4.84 Å². The fourth-order valence-corrected chi connectivity index (χ4v) is 0.920. The molecule has 4 nitrogen and oxygen atoms in total. The fourth-order valence-electron chi connectivity index (χ4n) is 0.920. The van der Waals surface area contributed by atoms with Gasteiger partial charge in [0, 0.05) is 0 Å². The molecule has 4 heteroatoms. The number of nitrogens with one attached hydrogen (secondary N) is 1. The molecule has 0 saturated heterocycles. The Bertz CT molecular complexity index is 355. The van der Waals surface area contributed by atoms with Crippen molar-refractivity contribution in [1.82, 2.24) is 5.48 Å². The number of hydrogen-bond donors (Lipinski definition) is 2. The number of amides is 1. The van der Waals surface area contributed by atoms with E-state index in [1.54, 1.807) is 12.1 Å². The first-order valence-corrected chi connectivity index (χ1v) is 4.66. The van der Waals surface area contributed by atoms with Crippen LogP contribution in [0, 0.1) is 0 Å². The summed E-state index contributed by atoms with van der Waals surface area (Å²) in [4.78, 5) is 16.6. The van der Waals surface area contributed by atoms with Gasteiger partial charge >= 0.3 is 0 Å². The van der Waals surface area contributed by atoms with Crippen molar-refractivity contribution in [2.45, 2.75) is 26.4 Å². The first-order chi connectivity index (χ1) is 6.90. The molecule has 1 aromatic rings. The predicted octanol–water partition coefficient (Wildman–Crippen LogP) is 1.85. The summed E-state index contributed by atoms with van der Waals surface area (Å²) in [6.07, 6.45) is 0. The summed E-state index contributed by atoms with van der Waals surface area (Å²) in [5.41, 5.74) is 2.02. The summed E-state index contributed by atoms with van der Waals surface area (Å²) in [6.45, 7) is 5.45. The third kappa shape index (κ3) is 3.59. The van der Waals surface area contributed by atoms with Crippen LogP contribution in [-0.2, 0) is 4.84 Å². The van der Waals surface area contributed by atoms with Gasteiger partial charge in [-0.3, -0.25) is 9.63 Å². The van der Waals surface area contributed by atoms with E-state index in [9.17, 15) is 9.90 Å². The van der Waals surface area contributed by atoms with Crippen molar-refractivity contribution in [2.75, 3.05) is 0 Å². The maximum Gasteiger partial charge on any atom is 0.278 e. The first-order valence-electron chi connectivity index (χ1n) is 4.66. The molecule has 0 atom stereocenters. The monoisotopic (exact) mass is 209 g/mol. The maximum absolute atomic E-state index is 11.5. The van der Waals surface area contributed by atoms with Crippen molar-refractivity contribution in [1.29, 1.82) is 0 Å². The Labute approximate surface area is 88.8 Å². The summed E-state index contributed by atoms with van der Waals surface area (Å²) in [6, 6.07) is 6.30. The van der Waals surface area contributed by atoms with E-state index in [2.05, 4.69) is 5.48 Å². The Kier molecular flexibility index (Phi) is 3.31. The Balaban J connectivity index is 2.66. The van der Waals surface area contributed by atoms with Gasteiger partial charge in [-0.15, -0.1) is 0 Å². The maximum atomic E-state index is 11.5. The lowest BCUT2D eigenvalue weighted by molar-refractivity contribution is -0.0590. The highest BCUT2D eigenvalue weighted by molar-refractivity contribution is 5.96. The number of carbonyl (C=O) groups is 1. The molecule has 1 rings (SSSR count). The Morgan fingerprint density at radius 3 is 2.47 bits per heavy atom. The van der Waals surface area contributed by atoms with Gasteiger partial charge in [-0.05, 0) is 32.9 Å². The molecule has 0 unspecified atom stereocenters. The molecule has 0 aliphatic carbocycles. The van der Waals surface area contributed by atoms with Gasteiger partial charge in [0.2, 0.25) is 0 Å². The highest BCUT2D eigenvalue weighted by atomic mass is 16.7. The summed E-state index contributed by atoms with van der Waals surface area (Å²) in [5.74, 6) is -0.518. The Hall–Kier alpha value is -1.55. The van der Waals surface area contributed by atoms with Crippen LogP contribution in [0.2, 0.25) is 0 Å². The smallest absolute Gasteiger partial charge is 0.278 e. The van der Waals surface area contributed by atoms with E-state index in [0.717, 1.165) is 0 Å². The van der Waals surface area contributed by atoms with E-state index >= 15 is 0 Å². The zero-order valence-electron chi connectivity index (χ0n) is 9.07. The lowest BCUT2D eigenvalue weighted by atomic mass is 10.2. The molecular formula is C11H15NO3. The van der Waals surface area contributed by atoms with Gasteiger partial charge in [0.05, 0.1) is 11.2 Å². The van der Waals surface area contributed by atoms with Crippen LogP contribution in [0.3, 0.4) is 0 Å². The molecule has 0 spiro atoms. The number of para-hydroxylation sites is 1. The number of carbonyl (C=O) groups excluding carboxylic acids is 1. The molecule has 0 saturated carbocycles. The Morgan fingerprint density at radius 2 is 1.93 bits per heavy atom. The van der Waals surface area contributed by atoms with Gasteiger partial charge in [-0.25, -0.2) is 5.48 Å². The topological polar surface area (TPSA) is 58.6 Å². The third-order valence-electron chi connectivity index (χ3n) is 1.60. The molecule has 15 heavy (non-hydrogen) atoms. The summed E-state index contributed by atoms with van der Waals surface area (Å²) in [5, 5.41) is 9.39. The minimum Gasteiger partial charge on any atom is -0.507 e. The standard InChI is InChI=1S/C11H15NO3/c1-11(2,3)15-12-10(14)8-6-4-5-7-9(8)13/h4-7,13H,1-3H3,(H,12,14). The second-order valence-electron chi connectivity index (χ2n) is 4.16. The summed E-state index contributed by atoms with van der Waals surface area (Å²) < 4.78 is 0. The van der Waals surface area contributed by atoms with Gasteiger partial charge < -0.3 is 5.11 Å². The number of phenolic OH excluding ortho intramolecular Hbond substituents is 1. The van der Waals surface area contributed by atoms with Crippen LogP contribution in [0.25, 0.3) is 0 Å². The molecule has 1 amide bonds. The van der Waals surface area contributed by atoms with E-state index in [-0.39, 0.29) is 11.3 Å². The number of benzene rings is 1. The molecule has 0 aliphatic heterocycles. The van der Waals surface area contributed by atoms with Crippen LogP contribution >= 0.6 is 0 Å². The average molecular weight is 209 g/mol. The summed E-state index contributed by atoms with van der Waals surface area (Å²) in [7, 11) is 0. The van der Waals surface area contributed by atoms with Gasteiger partial charge in [-0.2, -0.15) is 0 Å². The van der Waals surface area contributed by atoms with Crippen molar-refractivity contribution in [3.8, 4) is 5.75 Å². The van der Waals surface area contributed by atoms with Crippen molar-refractivity contribution in [3.05, 3.63) is 29.8 Å². The van der Waals surface area contributed by atoms with Crippen LogP contribution < -0.4 is 5.48 Å². The number of aromatic hydroxyl groups is 1. The molecule has 2 N–H and O–H groups in total. The average Bonchev–Trinajstić information content (AvgIpc) is 2.14. The van der Waals surface area contributed by atoms with Crippen LogP contribution in [0.15, 0.2) is 24.3 Å². The van der Waals surface area contributed by atoms with Crippen LogP contribution in [0.5, 0.6) is 5.75 Å². The number of hydrogen-bond acceptors (Lipinski definition) is 3. The van der Waals surface area contributed by atoms with Crippen LogP contribution in [-0.4, -0.2) is 16.6 Å². The van der Waals surface area contributed by atoms with Crippen LogP contribution in [0.4, 0.5) is 0 Å². The van der Waals surface area contributed by atoms with Gasteiger partial charge in [0.1, 0.15) is 5.75 Å². The minimum absolute atomic E-state index is 0.0625. The fraction of sp³-hybridized carbons (Fsp3) is 0.364. The molecular weight excluding hydrogens is 194 g/mol. The van der Waals surface area contributed by atoms with Gasteiger partial charge in [-0.1, -0.05) is 12.1 Å². The molecule has 1 aromatic carbocycles. The SMILES string of the molecule is CC(C)(C)ONC(=O)c1ccccc1O. The second-order valence-corrected chi connectivity index (χ2v) is 4.16. The highest BCUT2D eigenvalue weighted by Gasteiger charge is 2.15. The minimum atomic E-state index is -0.458. The van der Waals surface area contributed by atoms with Crippen molar-refractivity contribution < 1.29 is 14.7 Å². The molecule has 0 aliphatic rings. The molecule has 0 heterocycles. The van der Waals surface area contributed by atoms with E-state index in [1.165, 1.54) is 12.1 Å². The van der Waals surface area contributed by atoms with E-state index < -0.39 is 11.5 Å². The van der Waals surface area contributed by atoms with Gasteiger partial charge in [0.15, 0.2) is 0 Å². The zero-order chi connectivity index (χ0) is 11.5. The van der Waals surface area contributed by atoms with Gasteiger partial charge in [0.25, 0.3) is 5.91 Å². The molecule has 0 aromatic heterocycles. The lowest BCUT2D eigenvalue weighted by Gasteiger charge is -2.19. The van der Waals surface area contributed by atoms with Crippen molar-refractivity contribution in [2.24, 2.45) is 0 Å². The summed E-state index contributed by atoms with van der Waals surface area (Å²) >= 11 is 0. The molecule has 0 radical (unpaired) electrons. The first kappa shape index (κ1) is 11.5. The van der Waals surface area contributed by atoms with Crippen molar-refractivity contribution >= 4 is 5.91 Å². The molecule has 82 valence electrons. The lowest BCUT2D eigenvalue weighted by Crippen LogP contribution is -2.33. The zero-order valence-corrected chi connectivity index (χ0v) is 9.07. The second kappa shape index (κ2) is 4.31. The Morgan fingerprint density at radius 1 is 1.33 bits per heavy atom. The highest BCUT2D eigenvalue weighted by Crippen LogP contribution is 2.15. The quantitative estimate of drug-likeness (QED) is 0.731. The van der Waals surface area contributed by atoms with Crippen LogP contribution in [0.1, 0.15) is 31.1 Å². The number of phenols is 1. The number of hydroxylamine groups is 1. The van der Waals surface area contributed by atoms with Crippen molar-refractivity contribution in [3.63, 3.8) is 0 Å².